The van der Waals surface area contributed by atoms with E-state index in [2.05, 4.69) is 46.4 Å². The summed E-state index contributed by atoms with van der Waals surface area (Å²) in [6.07, 6.45) is 1.73. The van der Waals surface area contributed by atoms with Gasteiger partial charge >= 0.3 is 0 Å². The second-order valence-corrected chi connectivity index (χ2v) is 5.43. The minimum Gasteiger partial charge on any atom is -0.281 e. The number of aromatic nitrogens is 3. The smallest absolute Gasteiger partial charge is 0.129 e. The number of rotatable bonds is 3. The molecule has 0 aliphatic rings. The Kier molecular flexibility index (Phi) is 3.45. The molecule has 0 radical (unpaired) electrons. The largest absolute Gasteiger partial charge is 0.281 e. The average Bonchev–Trinajstić information content (AvgIpc) is 2.79. The first kappa shape index (κ1) is 13.1. The summed E-state index contributed by atoms with van der Waals surface area (Å²) in [4.78, 5) is 4.37. The predicted octanol–water partition coefficient (Wildman–Crippen LogP) is 4.07. The van der Waals surface area contributed by atoms with Crippen molar-refractivity contribution in [1.29, 1.82) is 0 Å². The highest BCUT2D eigenvalue weighted by atomic mass is 35.5. The number of benzene rings is 1. The maximum absolute atomic E-state index is 6.01. The molecule has 1 aromatic carbocycles. The maximum atomic E-state index is 6.01. The molecule has 0 saturated heterocycles. The lowest BCUT2D eigenvalue weighted by molar-refractivity contribution is 0.988. The number of hydrogen-bond acceptors (Lipinski definition) is 2. The molecule has 20 heavy (non-hydrogen) atoms. The average molecular weight is 286 g/mol. The Hall–Kier alpha value is -1.87. The molecule has 0 saturated carbocycles. The maximum Gasteiger partial charge on any atom is 0.129 e. The summed E-state index contributed by atoms with van der Waals surface area (Å²) in [6, 6.07) is 10.3. The van der Waals surface area contributed by atoms with Crippen LogP contribution in [0, 0.1) is 6.92 Å². The van der Waals surface area contributed by atoms with Crippen LogP contribution >= 0.6 is 11.6 Å². The molecule has 3 nitrogen and oxygen atoms in total. The van der Waals surface area contributed by atoms with Crippen molar-refractivity contribution in [2.24, 2.45) is 0 Å². The van der Waals surface area contributed by atoms with Crippen LogP contribution in [0.2, 0.25) is 5.15 Å². The quantitative estimate of drug-likeness (QED) is 0.737. The van der Waals surface area contributed by atoms with Crippen LogP contribution in [0.1, 0.15) is 29.4 Å². The number of hydrogen-bond donors (Lipinski definition) is 1. The third-order valence-electron chi connectivity index (χ3n) is 3.43. The van der Waals surface area contributed by atoms with Crippen molar-refractivity contribution in [3.05, 3.63) is 58.0 Å². The first-order chi connectivity index (χ1) is 9.65. The summed E-state index contributed by atoms with van der Waals surface area (Å²) in [5, 5.41) is 9.19. The fourth-order valence-corrected chi connectivity index (χ4v) is 2.77. The third kappa shape index (κ3) is 2.54. The molecule has 2 heterocycles. The van der Waals surface area contributed by atoms with Crippen LogP contribution in [0.3, 0.4) is 0 Å². The zero-order valence-corrected chi connectivity index (χ0v) is 12.3. The van der Waals surface area contributed by atoms with Crippen molar-refractivity contribution in [3.8, 4) is 0 Å². The Morgan fingerprint density at radius 1 is 1.20 bits per heavy atom. The lowest BCUT2D eigenvalue weighted by Gasteiger charge is -2.04. The van der Waals surface area contributed by atoms with Gasteiger partial charge in [-0.3, -0.25) is 5.10 Å². The Morgan fingerprint density at radius 3 is 2.80 bits per heavy atom. The Balaban J connectivity index is 1.94. The second kappa shape index (κ2) is 5.25. The van der Waals surface area contributed by atoms with Gasteiger partial charge in [-0.05, 0) is 42.7 Å². The van der Waals surface area contributed by atoms with E-state index in [4.69, 9.17) is 11.6 Å². The van der Waals surface area contributed by atoms with E-state index in [0.717, 1.165) is 29.6 Å². The van der Waals surface area contributed by atoms with Gasteiger partial charge in [0.1, 0.15) is 5.15 Å². The van der Waals surface area contributed by atoms with E-state index in [-0.39, 0.29) is 0 Å². The minimum atomic E-state index is 0.550. The van der Waals surface area contributed by atoms with Crippen LogP contribution in [-0.4, -0.2) is 15.2 Å². The third-order valence-corrected chi connectivity index (χ3v) is 3.62. The van der Waals surface area contributed by atoms with Crippen molar-refractivity contribution in [3.63, 3.8) is 0 Å². The van der Waals surface area contributed by atoms with E-state index in [1.807, 2.05) is 13.0 Å². The number of nitrogens with one attached hydrogen (secondary N) is 1. The lowest BCUT2D eigenvalue weighted by Crippen LogP contribution is -1.94. The molecule has 3 rings (SSSR count). The predicted molar refractivity (Wildman–Crippen MR) is 82.3 cm³/mol. The molecule has 0 unspecified atom stereocenters. The molecule has 3 aromatic rings. The number of aryl methyl sites for hydroxylation is 2. The van der Waals surface area contributed by atoms with Gasteiger partial charge in [-0.2, -0.15) is 5.10 Å². The van der Waals surface area contributed by atoms with Crippen LogP contribution in [0.4, 0.5) is 0 Å². The lowest BCUT2D eigenvalue weighted by atomic mass is 10.1. The number of H-pyrrole nitrogens is 1. The van der Waals surface area contributed by atoms with E-state index in [1.165, 1.54) is 16.6 Å². The minimum absolute atomic E-state index is 0.550. The Morgan fingerprint density at radius 2 is 2.05 bits per heavy atom. The van der Waals surface area contributed by atoms with Crippen molar-refractivity contribution in [1.82, 2.24) is 15.2 Å². The standard InChI is InChI=1S/C16H16ClN3/c1-3-14-13-5-4-11(9-15(13)20-19-14)8-12-6-10(2)7-16(17)18-12/h4-7,9H,3,8H2,1-2H3,(H,19,20). The fraction of sp³-hybridized carbons (Fsp3) is 0.250. The molecular formula is C16H16ClN3. The summed E-state index contributed by atoms with van der Waals surface area (Å²) < 4.78 is 0. The Bertz CT molecular complexity index is 741. The molecular weight excluding hydrogens is 270 g/mol. The van der Waals surface area contributed by atoms with Gasteiger partial charge in [-0.1, -0.05) is 30.7 Å². The molecule has 0 fully saturated rings. The Labute approximate surface area is 123 Å². The van der Waals surface area contributed by atoms with E-state index >= 15 is 0 Å². The summed E-state index contributed by atoms with van der Waals surface area (Å²) in [5.74, 6) is 0. The van der Waals surface area contributed by atoms with Gasteiger partial charge in [0.25, 0.3) is 0 Å². The van der Waals surface area contributed by atoms with Crippen LogP contribution < -0.4 is 0 Å². The first-order valence-corrected chi connectivity index (χ1v) is 7.12. The zero-order chi connectivity index (χ0) is 14.1. The first-order valence-electron chi connectivity index (χ1n) is 6.74. The summed E-state index contributed by atoms with van der Waals surface area (Å²) in [5.41, 5.74) is 5.51. The van der Waals surface area contributed by atoms with Crippen molar-refractivity contribution >= 4 is 22.5 Å². The molecule has 4 heteroatoms. The summed E-state index contributed by atoms with van der Waals surface area (Å²) >= 11 is 6.01. The van der Waals surface area contributed by atoms with Crippen LogP contribution in [0.5, 0.6) is 0 Å². The molecule has 102 valence electrons. The van der Waals surface area contributed by atoms with E-state index < -0.39 is 0 Å². The van der Waals surface area contributed by atoms with Gasteiger partial charge < -0.3 is 0 Å². The monoisotopic (exact) mass is 285 g/mol. The van der Waals surface area contributed by atoms with E-state index in [9.17, 15) is 0 Å². The molecule has 2 aromatic heterocycles. The summed E-state index contributed by atoms with van der Waals surface area (Å²) in [7, 11) is 0. The number of nitrogens with zero attached hydrogens (tertiary/aromatic N) is 2. The van der Waals surface area contributed by atoms with Crippen LogP contribution in [0.15, 0.2) is 30.3 Å². The molecule has 1 N–H and O–H groups in total. The second-order valence-electron chi connectivity index (χ2n) is 5.04. The molecule has 0 atom stereocenters. The fourth-order valence-electron chi connectivity index (χ4n) is 2.49. The number of halogens is 1. The topological polar surface area (TPSA) is 41.6 Å². The SMILES string of the molecule is CCc1[nH]nc2cc(Cc3cc(C)cc(Cl)n3)ccc12. The van der Waals surface area contributed by atoms with Gasteiger partial charge in [0, 0.05) is 23.2 Å². The van der Waals surface area contributed by atoms with Crippen molar-refractivity contribution in [2.75, 3.05) is 0 Å². The normalized spacial score (nSPS) is 11.2. The van der Waals surface area contributed by atoms with Gasteiger partial charge in [-0.25, -0.2) is 4.98 Å². The number of aromatic amines is 1. The van der Waals surface area contributed by atoms with Gasteiger partial charge in [-0.15, -0.1) is 0 Å². The van der Waals surface area contributed by atoms with Crippen molar-refractivity contribution in [2.45, 2.75) is 26.7 Å². The number of pyridine rings is 1. The highest BCUT2D eigenvalue weighted by Gasteiger charge is 2.06. The molecule has 0 aliphatic carbocycles. The van der Waals surface area contributed by atoms with E-state index in [1.54, 1.807) is 0 Å². The zero-order valence-electron chi connectivity index (χ0n) is 11.6. The summed E-state index contributed by atoms with van der Waals surface area (Å²) in [6.45, 7) is 4.15. The van der Waals surface area contributed by atoms with Gasteiger partial charge in [0.05, 0.1) is 5.52 Å². The molecule has 0 aliphatic heterocycles. The van der Waals surface area contributed by atoms with E-state index in [0.29, 0.717) is 5.15 Å². The highest BCUT2D eigenvalue weighted by Crippen LogP contribution is 2.20. The molecule has 0 bridgehead atoms. The number of fused-ring (bicyclic) bond motifs is 1. The van der Waals surface area contributed by atoms with Crippen molar-refractivity contribution < 1.29 is 0 Å². The van der Waals surface area contributed by atoms with Crippen LogP contribution in [-0.2, 0) is 12.8 Å². The molecule has 0 spiro atoms. The molecule has 0 amide bonds. The highest BCUT2D eigenvalue weighted by molar-refractivity contribution is 6.29. The van der Waals surface area contributed by atoms with Gasteiger partial charge in [0.15, 0.2) is 0 Å². The van der Waals surface area contributed by atoms with Gasteiger partial charge in [0.2, 0.25) is 0 Å². The van der Waals surface area contributed by atoms with Crippen LogP contribution in [0.25, 0.3) is 10.9 Å².